The molecule has 4 aromatic rings. The molecule has 0 saturated heterocycles. The van der Waals surface area contributed by atoms with Crippen molar-refractivity contribution in [1.82, 2.24) is 9.55 Å². The summed E-state index contributed by atoms with van der Waals surface area (Å²) in [6, 6.07) is 15.4. The minimum absolute atomic E-state index is 0.0470. The van der Waals surface area contributed by atoms with E-state index in [1.165, 1.54) is 23.8 Å². The van der Waals surface area contributed by atoms with Gasteiger partial charge in [0.2, 0.25) is 0 Å². The number of hydrogen-bond acceptors (Lipinski definition) is 5. The summed E-state index contributed by atoms with van der Waals surface area (Å²) >= 11 is 0. The molecule has 1 heterocycles. The van der Waals surface area contributed by atoms with Crippen molar-refractivity contribution < 1.29 is 17.5 Å². The van der Waals surface area contributed by atoms with Gasteiger partial charge >= 0.3 is 0 Å². The van der Waals surface area contributed by atoms with Crippen LogP contribution in [0.5, 0.6) is 5.75 Å². The van der Waals surface area contributed by atoms with Gasteiger partial charge in [0.05, 0.1) is 34.3 Å². The van der Waals surface area contributed by atoms with Gasteiger partial charge in [-0.25, -0.2) is 17.8 Å². The van der Waals surface area contributed by atoms with Crippen molar-refractivity contribution in [3.05, 3.63) is 88.2 Å². The van der Waals surface area contributed by atoms with Crippen LogP contribution >= 0.6 is 0 Å². The summed E-state index contributed by atoms with van der Waals surface area (Å²) in [6.45, 7) is 3.45. The fraction of sp³-hybridized carbons (Fsp3) is 0.130. The molecule has 0 bridgehead atoms. The Kier molecular flexibility index (Phi) is 5.43. The monoisotopic (exact) mass is 453 g/mol. The number of nitrogens with zero attached hydrogens (tertiary/aromatic N) is 2. The lowest BCUT2D eigenvalue weighted by Gasteiger charge is -2.15. The van der Waals surface area contributed by atoms with Gasteiger partial charge in [0.25, 0.3) is 15.6 Å². The van der Waals surface area contributed by atoms with Gasteiger partial charge in [-0.1, -0.05) is 12.1 Å². The van der Waals surface area contributed by atoms with Crippen LogP contribution in [0.1, 0.15) is 11.4 Å². The molecule has 4 rings (SSSR count). The van der Waals surface area contributed by atoms with E-state index < -0.39 is 15.8 Å². The van der Waals surface area contributed by atoms with Crippen LogP contribution in [-0.4, -0.2) is 25.1 Å². The number of fused-ring (bicyclic) bond motifs is 1. The highest BCUT2D eigenvalue weighted by atomic mass is 32.2. The molecule has 0 amide bonds. The topological polar surface area (TPSA) is 90.3 Å². The van der Waals surface area contributed by atoms with Gasteiger partial charge < -0.3 is 4.74 Å². The molecule has 0 fully saturated rings. The molecule has 0 spiro atoms. The van der Waals surface area contributed by atoms with Gasteiger partial charge in [-0.05, 0) is 67.9 Å². The zero-order chi connectivity index (χ0) is 23.0. The molecule has 3 aromatic carbocycles. The van der Waals surface area contributed by atoms with Crippen LogP contribution in [0.25, 0.3) is 16.6 Å². The lowest BCUT2D eigenvalue weighted by Crippen LogP contribution is -2.22. The Hall–Kier alpha value is -3.72. The second-order valence-corrected chi connectivity index (χ2v) is 8.90. The largest absolute Gasteiger partial charge is 0.494 e. The summed E-state index contributed by atoms with van der Waals surface area (Å²) in [5, 5.41) is 0.488. The number of anilines is 1. The fourth-order valence-corrected chi connectivity index (χ4v) is 4.61. The Labute approximate surface area is 184 Å². The third-order valence-electron chi connectivity index (χ3n) is 5.09. The van der Waals surface area contributed by atoms with Gasteiger partial charge in [-0.2, -0.15) is 0 Å². The van der Waals surface area contributed by atoms with Crippen LogP contribution in [0.4, 0.5) is 10.1 Å². The number of nitrogens with one attached hydrogen (secondary N) is 1. The van der Waals surface area contributed by atoms with E-state index in [2.05, 4.69) is 9.71 Å². The first-order valence-corrected chi connectivity index (χ1v) is 11.2. The van der Waals surface area contributed by atoms with Crippen molar-refractivity contribution in [1.29, 1.82) is 0 Å². The Morgan fingerprint density at radius 1 is 1.03 bits per heavy atom. The molecule has 0 atom stereocenters. The second-order valence-electron chi connectivity index (χ2n) is 7.22. The fourth-order valence-electron chi connectivity index (χ4n) is 3.47. The molecule has 1 aromatic heterocycles. The normalized spacial score (nSPS) is 11.5. The lowest BCUT2D eigenvalue weighted by atomic mass is 10.1. The van der Waals surface area contributed by atoms with Gasteiger partial charge in [0.1, 0.15) is 5.82 Å². The average Bonchev–Trinajstić information content (AvgIpc) is 2.75. The number of sulfonamides is 1. The number of methoxy groups -OCH3 is 1. The number of rotatable bonds is 5. The Bertz CT molecular complexity index is 1510. The molecule has 1 N–H and O–H groups in total. The second kappa shape index (κ2) is 8.08. The van der Waals surface area contributed by atoms with Crippen LogP contribution < -0.4 is 15.0 Å². The van der Waals surface area contributed by atoms with E-state index in [9.17, 15) is 17.6 Å². The van der Waals surface area contributed by atoms with E-state index >= 15 is 0 Å². The molecule has 32 heavy (non-hydrogen) atoms. The number of aromatic nitrogens is 2. The number of aryl methyl sites for hydroxylation is 2. The highest BCUT2D eigenvalue weighted by Crippen LogP contribution is 2.25. The molecular weight excluding hydrogens is 433 g/mol. The molecular formula is C23H20FN3O4S. The van der Waals surface area contributed by atoms with Crippen LogP contribution in [0.3, 0.4) is 0 Å². The van der Waals surface area contributed by atoms with Crippen molar-refractivity contribution in [3.63, 3.8) is 0 Å². The Balaban J connectivity index is 1.71. The summed E-state index contributed by atoms with van der Waals surface area (Å²) in [7, 11) is -2.73. The maximum atomic E-state index is 14.0. The maximum absolute atomic E-state index is 14.0. The first-order valence-electron chi connectivity index (χ1n) is 9.67. The van der Waals surface area contributed by atoms with Crippen molar-refractivity contribution in [2.75, 3.05) is 11.8 Å². The maximum Gasteiger partial charge on any atom is 0.265 e. The van der Waals surface area contributed by atoms with E-state index in [0.717, 1.165) is 6.07 Å². The highest BCUT2D eigenvalue weighted by Gasteiger charge is 2.18. The standard InChI is InChI=1S/C23H20FN3O4S/c1-14-12-16(27-15(2)25-21-7-5-4-6-18(21)23(27)28)8-10-20(14)26-32(29,30)17-9-11-22(31-3)19(24)13-17/h4-13,26H,1-3H3. The third-order valence-corrected chi connectivity index (χ3v) is 6.45. The summed E-state index contributed by atoms with van der Waals surface area (Å²) < 4.78 is 48.2. The van der Waals surface area contributed by atoms with Gasteiger partial charge in [-0.15, -0.1) is 0 Å². The molecule has 7 nitrogen and oxygen atoms in total. The van der Waals surface area contributed by atoms with Crippen molar-refractivity contribution in [3.8, 4) is 11.4 Å². The van der Waals surface area contributed by atoms with Gasteiger partial charge in [0, 0.05) is 0 Å². The molecule has 0 aliphatic carbocycles. The molecule has 0 radical (unpaired) electrons. The number of hydrogen-bond donors (Lipinski definition) is 1. The number of ether oxygens (including phenoxy) is 1. The summed E-state index contributed by atoms with van der Waals surface area (Å²) in [5.41, 5.74) is 1.85. The average molecular weight is 453 g/mol. The van der Waals surface area contributed by atoms with Crippen LogP contribution in [0, 0.1) is 19.7 Å². The number of halogens is 1. The summed E-state index contributed by atoms with van der Waals surface area (Å²) in [4.78, 5) is 17.3. The molecule has 0 saturated carbocycles. The third kappa shape index (κ3) is 3.82. The van der Waals surface area contributed by atoms with Crippen LogP contribution in [0.15, 0.2) is 70.4 Å². The van der Waals surface area contributed by atoms with E-state index in [1.54, 1.807) is 50.2 Å². The van der Waals surface area contributed by atoms with E-state index in [1.807, 2.05) is 6.07 Å². The van der Waals surface area contributed by atoms with E-state index in [-0.39, 0.29) is 16.2 Å². The minimum atomic E-state index is -4.03. The lowest BCUT2D eigenvalue weighted by molar-refractivity contribution is 0.385. The first-order chi connectivity index (χ1) is 15.2. The van der Waals surface area contributed by atoms with Crippen LogP contribution in [0.2, 0.25) is 0 Å². The quantitative estimate of drug-likeness (QED) is 0.494. The first kappa shape index (κ1) is 21.5. The molecule has 164 valence electrons. The van der Waals surface area contributed by atoms with Gasteiger partial charge in [-0.3, -0.25) is 14.1 Å². The van der Waals surface area contributed by atoms with Gasteiger partial charge in [0.15, 0.2) is 11.6 Å². The summed E-state index contributed by atoms with van der Waals surface area (Å²) in [5.74, 6) is -0.314. The molecule has 0 aliphatic heterocycles. The molecule has 9 heteroatoms. The van der Waals surface area contributed by atoms with E-state index in [4.69, 9.17) is 4.74 Å². The zero-order valence-corrected chi connectivity index (χ0v) is 18.4. The summed E-state index contributed by atoms with van der Waals surface area (Å²) in [6.07, 6.45) is 0. The predicted molar refractivity (Wildman–Crippen MR) is 121 cm³/mol. The zero-order valence-electron chi connectivity index (χ0n) is 17.6. The SMILES string of the molecule is COc1ccc(S(=O)(=O)Nc2ccc(-n3c(C)nc4ccccc4c3=O)cc2C)cc1F. The number of para-hydroxylation sites is 1. The Morgan fingerprint density at radius 3 is 2.47 bits per heavy atom. The van der Waals surface area contributed by atoms with Crippen LogP contribution in [-0.2, 0) is 10.0 Å². The van der Waals surface area contributed by atoms with Crippen molar-refractivity contribution >= 4 is 26.6 Å². The Morgan fingerprint density at radius 2 is 1.78 bits per heavy atom. The highest BCUT2D eigenvalue weighted by molar-refractivity contribution is 7.92. The van der Waals surface area contributed by atoms with Crippen molar-refractivity contribution in [2.45, 2.75) is 18.7 Å². The predicted octanol–water partition coefficient (Wildman–Crippen LogP) is 3.95. The molecule has 0 unspecified atom stereocenters. The smallest absolute Gasteiger partial charge is 0.265 e. The van der Waals surface area contributed by atoms with E-state index in [0.29, 0.717) is 33.7 Å². The minimum Gasteiger partial charge on any atom is -0.494 e. The van der Waals surface area contributed by atoms with Crippen molar-refractivity contribution in [2.24, 2.45) is 0 Å². The molecule has 0 aliphatic rings. The number of benzene rings is 3.